The molecular formula is C25H22N2O. The molecule has 3 nitrogen and oxygen atoms in total. The average molecular weight is 366 g/mol. The Bertz CT molecular complexity index is 1050. The molecule has 0 fully saturated rings. The van der Waals surface area contributed by atoms with Crippen molar-refractivity contribution in [3.05, 3.63) is 108 Å². The van der Waals surface area contributed by atoms with E-state index in [2.05, 4.69) is 64.7 Å². The summed E-state index contributed by atoms with van der Waals surface area (Å²) >= 11 is 0. The molecule has 0 amide bonds. The van der Waals surface area contributed by atoms with Crippen LogP contribution in [-0.4, -0.2) is 19.8 Å². The standard InChI is InChI=1S/C25H22N2O/c1-27(2)21-15-12-19(13-16-21)18-20-14-17-25(24-11-7-6-10-23(20)24)26-28-22-8-4-3-5-9-22/h3-18H,1-2H3. The van der Waals surface area contributed by atoms with Gasteiger partial charge in [0, 0.05) is 25.3 Å². The molecule has 3 aromatic carbocycles. The molecule has 0 radical (unpaired) electrons. The predicted molar refractivity (Wildman–Crippen MR) is 118 cm³/mol. The topological polar surface area (TPSA) is 24.8 Å². The van der Waals surface area contributed by atoms with Crippen LogP contribution in [0.4, 0.5) is 5.69 Å². The van der Waals surface area contributed by atoms with Crippen molar-refractivity contribution in [2.45, 2.75) is 0 Å². The van der Waals surface area contributed by atoms with Crippen LogP contribution in [0, 0.1) is 0 Å². The highest BCUT2D eigenvalue weighted by atomic mass is 16.6. The van der Waals surface area contributed by atoms with Gasteiger partial charge in [0.2, 0.25) is 0 Å². The Morgan fingerprint density at radius 2 is 1.43 bits per heavy atom. The molecule has 0 aliphatic heterocycles. The largest absolute Gasteiger partial charge is 0.378 e. The Morgan fingerprint density at radius 1 is 0.750 bits per heavy atom. The highest BCUT2D eigenvalue weighted by Gasteiger charge is 2.15. The first-order valence-electron chi connectivity index (χ1n) is 9.28. The molecular weight excluding hydrogens is 344 g/mol. The van der Waals surface area contributed by atoms with Crippen molar-refractivity contribution in [1.82, 2.24) is 0 Å². The van der Waals surface area contributed by atoms with Gasteiger partial charge in [0.15, 0.2) is 5.75 Å². The van der Waals surface area contributed by atoms with E-state index in [0.717, 1.165) is 28.2 Å². The minimum atomic E-state index is 0.725. The highest BCUT2D eigenvalue weighted by molar-refractivity contribution is 6.16. The summed E-state index contributed by atoms with van der Waals surface area (Å²) in [6, 6.07) is 26.4. The summed E-state index contributed by atoms with van der Waals surface area (Å²) in [5.41, 5.74) is 6.55. The van der Waals surface area contributed by atoms with Gasteiger partial charge in [-0.2, -0.15) is 0 Å². The van der Waals surface area contributed by atoms with Crippen molar-refractivity contribution in [2.75, 3.05) is 19.0 Å². The number of anilines is 1. The van der Waals surface area contributed by atoms with E-state index in [4.69, 9.17) is 4.84 Å². The van der Waals surface area contributed by atoms with Gasteiger partial charge in [0.05, 0.1) is 0 Å². The number of para-hydroxylation sites is 1. The smallest absolute Gasteiger partial charge is 0.157 e. The molecule has 4 rings (SSSR count). The maximum atomic E-state index is 5.60. The fourth-order valence-corrected chi connectivity index (χ4v) is 3.14. The number of benzene rings is 3. The van der Waals surface area contributed by atoms with E-state index >= 15 is 0 Å². The van der Waals surface area contributed by atoms with Crippen LogP contribution < -0.4 is 9.74 Å². The van der Waals surface area contributed by atoms with Crippen LogP contribution >= 0.6 is 0 Å². The van der Waals surface area contributed by atoms with E-state index in [0.29, 0.717) is 0 Å². The molecule has 28 heavy (non-hydrogen) atoms. The fraction of sp³-hybridized carbons (Fsp3) is 0.0800. The van der Waals surface area contributed by atoms with Crippen molar-refractivity contribution >= 4 is 23.0 Å². The van der Waals surface area contributed by atoms with Gasteiger partial charge in [-0.05, 0) is 53.1 Å². The van der Waals surface area contributed by atoms with Crippen LogP contribution in [0.5, 0.6) is 5.75 Å². The molecule has 1 aliphatic rings. The fourth-order valence-electron chi connectivity index (χ4n) is 3.14. The van der Waals surface area contributed by atoms with Gasteiger partial charge >= 0.3 is 0 Å². The quantitative estimate of drug-likeness (QED) is 0.558. The van der Waals surface area contributed by atoms with Crippen molar-refractivity contribution in [1.29, 1.82) is 0 Å². The number of nitrogens with zero attached hydrogens (tertiary/aromatic N) is 2. The summed E-state index contributed by atoms with van der Waals surface area (Å²) in [5, 5.41) is 4.36. The number of hydrogen-bond acceptors (Lipinski definition) is 3. The maximum Gasteiger partial charge on any atom is 0.157 e. The zero-order valence-corrected chi connectivity index (χ0v) is 16.0. The molecule has 1 aliphatic carbocycles. The lowest BCUT2D eigenvalue weighted by atomic mass is 9.90. The van der Waals surface area contributed by atoms with Crippen LogP contribution in [0.1, 0.15) is 16.7 Å². The Kier molecular flexibility index (Phi) is 5.07. The molecule has 0 atom stereocenters. The summed E-state index contributed by atoms with van der Waals surface area (Å²) in [6.45, 7) is 0. The first kappa shape index (κ1) is 17.8. The average Bonchev–Trinajstić information content (AvgIpc) is 2.74. The monoisotopic (exact) mass is 366 g/mol. The van der Waals surface area contributed by atoms with Crippen LogP contribution in [0.3, 0.4) is 0 Å². The number of hydrogen-bond donors (Lipinski definition) is 0. The third-order valence-electron chi connectivity index (χ3n) is 4.66. The zero-order chi connectivity index (χ0) is 19.3. The third-order valence-corrected chi connectivity index (χ3v) is 4.66. The van der Waals surface area contributed by atoms with E-state index < -0.39 is 0 Å². The molecule has 138 valence electrons. The SMILES string of the molecule is CN(C)c1ccc(C=C2C=CC(=NOc3ccccc3)c3ccccc32)cc1. The molecule has 0 heterocycles. The van der Waals surface area contributed by atoms with Crippen molar-refractivity contribution in [2.24, 2.45) is 5.16 Å². The van der Waals surface area contributed by atoms with Crippen LogP contribution in [0.2, 0.25) is 0 Å². The summed E-state index contributed by atoms with van der Waals surface area (Å²) in [5.74, 6) is 0.725. The second kappa shape index (κ2) is 7.97. The zero-order valence-electron chi connectivity index (χ0n) is 16.0. The normalized spacial score (nSPS) is 15.5. The molecule has 0 saturated heterocycles. The molecule has 0 aromatic heterocycles. The highest BCUT2D eigenvalue weighted by Crippen LogP contribution is 2.29. The Balaban J connectivity index is 1.65. The molecule has 3 heteroatoms. The number of oxime groups is 1. The Labute approximate surface area is 165 Å². The predicted octanol–water partition coefficient (Wildman–Crippen LogP) is 5.65. The minimum absolute atomic E-state index is 0.725. The van der Waals surface area contributed by atoms with Gasteiger partial charge in [0.25, 0.3) is 0 Å². The lowest BCUT2D eigenvalue weighted by Crippen LogP contribution is -2.08. The lowest BCUT2D eigenvalue weighted by molar-refractivity contribution is 0.342. The minimum Gasteiger partial charge on any atom is -0.378 e. The molecule has 0 N–H and O–H groups in total. The maximum absolute atomic E-state index is 5.60. The van der Waals surface area contributed by atoms with Crippen LogP contribution in [-0.2, 0) is 0 Å². The van der Waals surface area contributed by atoms with Gasteiger partial charge in [-0.15, -0.1) is 0 Å². The van der Waals surface area contributed by atoms with Crippen LogP contribution in [0.15, 0.2) is 96.2 Å². The summed E-state index contributed by atoms with van der Waals surface area (Å²) < 4.78 is 0. The summed E-state index contributed by atoms with van der Waals surface area (Å²) in [7, 11) is 4.10. The van der Waals surface area contributed by atoms with Gasteiger partial charge in [0.1, 0.15) is 5.71 Å². The van der Waals surface area contributed by atoms with Crippen molar-refractivity contribution in [3.63, 3.8) is 0 Å². The van der Waals surface area contributed by atoms with E-state index in [1.807, 2.05) is 56.6 Å². The van der Waals surface area contributed by atoms with E-state index in [9.17, 15) is 0 Å². The van der Waals surface area contributed by atoms with Gasteiger partial charge < -0.3 is 9.74 Å². The van der Waals surface area contributed by atoms with Crippen LogP contribution in [0.25, 0.3) is 11.6 Å². The van der Waals surface area contributed by atoms with E-state index in [1.165, 1.54) is 11.3 Å². The molecule has 0 unspecified atom stereocenters. The molecule has 0 bridgehead atoms. The van der Waals surface area contributed by atoms with Gasteiger partial charge in [-0.25, -0.2) is 0 Å². The van der Waals surface area contributed by atoms with Gasteiger partial charge in [-0.3, -0.25) is 0 Å². The van der Waals surface area contributed by atoms with Crippen molar-refractivity contribution < 1.29 is 4.84 Å². The number of rotatable bonds is 4. The number of fused-ring (bicyclic) bond motifs is 1. The summed E-state index contributed by atoms with van der Waals surface area (Å²) in [4.78, 5) is 7.70. The second-order valence-corrected chi connectivity index (χ2v) is 6.85. The molecule has 0 saturated carbocycles. The molecule has 0 spiro atoms. The first-order chi connectivity index (χ1) is 13.7. The lowest BCUT2D eigenvalue weighted by Gasteiger charge is -2.16. The molecule has 3 aromatic rings. The Hall–Kier alpha value is -3.59. The van der Waals surface area contributed by atoms with Crippen molar-refractivity contribution in [3.8, 4) is 5.75 Å². The van der Waals surface area contributed by atoms with E-state index in [1.54, 1.807) is 0 Å². The third kappa shape index (κ3) is 3.89. The van der Waals surface area contributed by atoms with Gasteiger partial charge in [-0.1, -0.05) is 65.8 Å². The Morgan fingerprint density at radius 3 is 2.14 bits per heavy atom. The number of allylic oxidation sites excluding steroid dienone is 3. The van der Waals surface area contributed by atoms with E-state index in [-0.39, 0.29) is 0 Å². The second-order valence-electron chi connectivity index (χ2n) is 6.85. The summed E-state index contributed by atoms with van der Waals surface area (Å²) in [6.07, 6.45) is 6.30. The first-order valence-corrected chi connectivity index (χ1v) is 9.28.